The van der Waals surface area contributed by atoms with Gasteiger partial charge in [-0.3, -0.25) is 39.2 Å². The third-order valence-corrected chi connectivity index (χ3v) is 18.5. The zero-order chi connectivity index (χ0) is 50.2. The van der Waals surface area contributed by atoms with Crippen LogP contribution in [-0.4, -0.2) is 146 Å². The van der Waals surface area contributed by atoms with Crippen LogP contribution in [0.1, 0.15) is 152 Å². The number of amides is 5. The number of fused-ring (bicyclic) bond motifs is 3. The summed E-state index contributed by atoms with van der Waals surface area (Å²) in [7, 11) is 0. The Hall–Kier alpha value is -5.74. The fraction of sp³-hybridized carbons (Fsp3) is 0.614. The Morgan fingerprint density at radius 1 is 0.808 bits per heavy atom. The molecule has 0 bridgehead atoms. The molecule has 5 amide bonds. The summed E-state index contributed by atoms with van der Waals surface area (Å²) in [6.07, 6.45) is 16.8. The molecule has 73 heavy (non-hydrogen) atoms. The first-order valence-electron chi connectivity index (χ1n) is 27.8. The van der Waals surface area contributed by atoms with E-state index in [0.29, 0.717) is 83.3 Å². The van der Waals surface area contributed by atoms with Gasteiger partial charge < -0.3 is 29.5 Å². The van der Waals surface area contributed by atoms with Gasteiger partial charge in [-0.2, -0.15) is 0 Å². The van der Waals surface area contributed by atoms with Gasteiger partial charge in [-0.25, -0.2) is 9.97 Å². The van der Waals surface area contributed by atoms with E-state index in [1.165, 1.54) is 19.3 Å². The predicted molar refractivity (Wildman–Crippen MR) is 279 cm³/mol. The van der Waals surface area contributed by atoms with Crippen molar-refractivity contribution in [1.82, 2.24) is 44.4 Å². The molecular formula is C57H73N11O5. The van der Waals surface area contributed by atoms with Crippen LogP contribution >= 0.6 is 0 Å². The van der Waals surface area contributed by atoms with Gasteiger partial charge in [-0.15, -0.1) is 0 Å². The summed E-state index contributed by atoms with van der Waals surface area (Å²) >= 11 is 0. The van der Waals surface area contributed by atoms with Crippen molar-refractivity contribution < 1.29 is 24.0 Å². The van der Waals surface area contributed by atoms with Crippen molar-refractivity contribution in [2.24, 2.45) is 5.41 Å². The zero-order valence-corrected chi connectivity index (χ0v) is 43.1. The number of carbonyl (C=O) groups is 5. The maximum absolute atomic E-state index is 15.3. The molecule has 3 aromatic heterocycles. The Balaban J connectivity index is 0.689. The van der Waals surface area contributed by atoms with Crippen molar-refractivity contribution in [3.05, 3.63) is 65.7 Å². The number of pyridine rings is 2. The molecule has 2 aliphatic carbocycles. The van der Waals surface area contributed by atoms with E-state index >= 15 is 4.79 Å². The number of hydrogen-bond acceptors (Lipinski definition) is 11. The van der Waals surface area contributed by atoms with E-state index < -0.39 is 10.8 Å². The number of nitrogens with one attached hydrogen (secondary N) is 2. The highest BCUT2D eigenvalue weighted by atomic mass is 16.2. The van der Waals surface area contributed by atoms with Crippen LogP contribution in [0.3, 0.4) is 0 Å². The highest BCUT2D eigenvalue weighted by Crippen LogP contribution is 2.53. The van der Waals surface area contributed by atoms with E-state index in [0.717, 1.165) is 115 Å². The maximum atomic E-state index is 15.3. The second-order valence-electron chi connectivity index (χ2n) is 23.6. The summed E-state index contributed by atoms with van der Waals surface area (Å²) in [6, 6.07) is 14.0. The summed E-state index contributed by atoms with van der Waals surface area (Å²) in [5.74, 6) is 0.813. The van der Waals surface area contributed by atoms with Gasteiger partial charge >= 0.3 is 0 Å². The van der Waals surface area contributed by atoms with E-state index in [-0.39, 0.29) is 53.5 Å². The molecule has 16 heteroatoms. The minimum atomic E-state index is -0.684. The van der Waals surface area contributed by atoms with E-state index in [1.807, 2.05) is 28.3 Å². The van der Waals surface area contributed by atoms with Gasteiger partial charge in [0, 0.05) is 91.2 Å². The molecule has 6 aliphatic heterocycles. The monoisotopic (exact) mass is 992 g/mol. The van der Waals surface area contributed by atoms with Gasteiger partial charge in [0.25, 0.3) is 0 Å². The van der Waals surface area contributed by atoms with E-state index in [1.54, 1.807) is 6.20 Å². The zero-order valence-electron chi connectivity index (χ0n) is 43.1. The number of aromatic nitrogens is 4. The average Bonchev–Trinajstić information content (AvgIpc) is 4.06. The molecular weight excluding hydrogens is 919 g/mol. The van der Waals surface area contributed by atoms with Gasteiger partial charge in [0.2, 0.25) is 29.5 Å². The molecule has 1 atom stereocenters. The Kier molecular flexibility index (Phi) is 12.7. The van der Waals surface area contributed by atoms with Crippen LogP contribution in [0.4, 0.5) is 11.5 Å². The molecule has 2 N–H and O–H groups in total. The minimum absolute atomic E-state index is 0.119. The fourth-order valence-corrected chi connectivity index (χ4v) is 13.6. The molecule has 4 aromatic rings. The Morgan fingerprint density at radius 3 is 2.23 bits per heavy atom. The number of benzene rings is 1. The summed E-state index contributed by atoms with van der Waals surface area (Å²) in [5, 5.41) is 6.14. The Morgan fingerprint density at radius 2 is 1.55 bits per heavy atom. The molecule has 9 heterocycles. The van der Waals surface area contributed by atoms with Gasteiger partial charge in [-0.1, -0.05) is 31.5 Å². The third-order valence-electron chi connectivity index (χ3n) is 18.5. The van der Waals surface area contributed by atoms with Crippen LogP contribution < -0.4 is 15.5 Å². The largest absolute Gasteiger partial charge is 0.366 e. The number of imide groups is 1. The molecule has 2 saturated carbocycles. The lowest BCUT2D eigenvalue weighted by molar-refractivity contribution is -0.149. The molecule has 386 valence electrons. The summed E-state index contributed by atoms with van der Waals surface area (Å²) in [5.41, 5.74) is 6.49. The van der Waals surface area contributed by atoms with Crippen LogP contribution in [0.2, 0.25) is 0 Å². The predicted octanol–water partition coefficient (Wildman–Crippen LogP) is 6.90. The van der Waals surface area contributed by atoms with E-state index in [4.69, 9.17) is 15.0 Å². The lowest BCUT2D eigenvalue weighted by Gasteiger charge is -2.48. The number of anilines is 2. The summed E-state index contributed by atoms with van der Waals surface area (Å²) < 4.78 is 2.20. The Labute approximate surface area is 429 Å². The summed E-state index contributed by atoms with van der Waals surface area (Å²) in [6.45, 7) is 12.9. The minimum Gasteiger partial charge on any atom is -0.366 e. The van der Waals surface area contributed by atoms with Crippen molar-refractivity contribution in [2.75, 3.05) is 69.1 Å². The maximum Gasteiger partial charge on any atom is 0.238 e. The standard InChI is InChI=1S/C57H73N11O5/c1-36(2)67-35-59-47-32-46(61-52(51(47)67)60-40-9-10-40)38-7-12-44-48(29-38)68(42-30-41(31-42)64-21-5-4-6-22-64)55(73)57(44)19-27-66(28-20-57)54(72)56(3)17-25-65(26-18-56)50(70)34-63-23-15-37(16-24-63)45-13-8-39(33-58-45)43-11-14-49(69)62-53(43)71/h7-8,12-13,29,32-33,35-37,40-43H,4-6,9-11,14-28,30-31,34H2,1-3H3,(H,60,61)(H,62,69,71). The topological polar surface area (TPSA) is 169 Å². The van der Waals surface area contributed by atoms with Crippen LogP contribution in [0, 0.1) is 5.41 Å². The number of hydrogen-bond donors (Lipinski definition) is 2. The van der Waals surface area contributed by atoms with Crippen LogP contribution in [0.15, 0.2) is 48.9 Å². The van der Waals surface area contributed by atoms with Crippen molar-refractivity contribution in [3.8, 4) is 11.3 Å². The summed E-state index contributed by atoms with van der Waals surface area (Å²) in [4.78, 5) is 93.5. The van der Waals surface area contributed by atoms with Crippen molar-refractivity contribution in [1.29, 1.82) is 0 Å². The number of nitrogens with zero attached hydrogens (tertiary/aromatic N) is 9. The van der Waals surface area contributed by atoms with Crippen LogP contribution in [0.25, 0.3) is 22.3 Å². The van der Waals surface area contributed by atoms with Gasteiger partial charge in [0.05, 0.1) is 35.4 Å². The molecule has 16 nitrogen and oxygen atoms in total. The molecule has 1 spiro atoms. The number of piperidine rings is 5. The number of likely N-dealkylation sites (tertiary alicyclic amines) is 4. The van der Waals surface area contributed by atoms with Crippen molar-refractivity contribution >= 4 is 52.1 Å². The second-order valence-corrected chi connectivity index (χ2v) is 23.6. The average molecular weight is 992 g/mol. The second kappa shape index (κ2) is 19.2. The van der Waals surface area contributed by atoms with E-state index in [9.17, 15) is 19.2 Å². The molecule has 8 aliphatic rings. The van der Waals surface area contributed by atoms with Crippen LogP contribution in [-0.2, 0) is 29.4 Å². The molecule has 1 aromatic carbocycles. The first kappa shape index (κ1) is 48.2. The van der Waals surface area contributed by atoms with Gasteiger partial charge in [0.1, 0.15) is 5.52 Å². The lowest BCUT2D eigenvalue weighted by atomic mass is 9.72. The number of carbonyl (C=O) groups excluding carboxylic acids is 5. The third kappa shape index (κ3) is 9.01. The molecule has 5 saturated heterocycles. The number of imidazole rings is 1. The molecule has 12 rings (SSSR count). The Bertz CT molecular complexity index is 2790. The van der Waals surface area contributed by atoms with Crippen molar-refractivity contribution in [3.63, 3.8) is 0 Å². The first-order valence-corrected chi connectivity index (χ1v) is 27.8. The first-order chi connectivity index (χ1) is 35.3. The highest BCUT2D eigenvalue weighted by Gasteiger charge is 2.56. The smallest absolute Gasteiger partial charge is 0.238 e. The number of rotatable bonds is 11. The van der Waals surface area contributed by atoms with E-state index in [2.05, 4.69) is 74.9 Å². The SMILES string of the molecule is CC(C)n1cnc2cc(-c3ccc4c(c3)N(C3CC(N5CCCCC5)C3)C(=O)C43CCN(C(=O)C4(C)CCN(C(=O)CN5CCC(c6ccc(C7CCC(=O)NC7=O)cn6)CC5)CC4)CC3)nc(NC3CC3)c21. The van der Waals surface area contributed by atoms with Gasteiger partial charge in [0.15, 0.2) is 5.82 Å². The van der Waals surface area contributed by atoms with Gasteiger partial charge in [-0.05, 0) is 153 Å². The molecule has 1 unspecified atom stereocenters. The fourth-order valence-electron chi connectivity index (χ4n) is 13.6. The lowest BCUT2D eigenvalue weighted by Crippen LogP contribution is -2.59. The highest BCUT2D eigenvalue weighted by molar-refractivity contribution is 6.09. The van der Waals surface area contributed by atoms with Crippen molar-refractivity contribution in [2.45, 2.75) is 159 Å². The molecule has 7 fully saturated rings. The normalized spacial score (nSPS) is 25.8. The van der Waals surface area contributed by atoms with Crippen LogP contribution in [0.5, 0.6) is 0 Å². The quantitative estimate of drug-likeness (QED) is 0.150. The molecule has 0 radical (unpaired) electrons.